The zero-order valence-corrected chi connectivity index (χ0v) is 22.7. The lowest BCUT2D eigenvalue weighted by molar-refractivity contribution is -0.139. The number of carbonyl (C=O) groups is 2. The van der Waals surface area contributed by atoms with Gasteiger partial charge in [0.05, 0.1) is 12.9 Å². The molecule has 1 aliphatic carbocycles. The molecule has 0 unspecified atom stereocenters. The van der Waals surface area contributed by atoms with Crippen LogP contribution in [0.25, 0.3) is 0 Å². The molecule has 3 rings (SSSR count). The number of thioether (sulfide) groups is 1. The Labute approximate surface area is 222 Å². The second-order valence-electron chi connectivity index (χ2n) is 8.87. The molecule has 190 valence electrons. The number of nitrogens with one attached hydrogen (secondary N) is 1. The number of amides is 2. The van der Waals surface area contributed by atoms with E-state index < -0.39 is 6.04 Å². The van der Waals surface area contributed by atoms with Crippen LogP contribution < -0.4 is 10.1 Å². The van der Waals surface area contributed by atoms with E-state index in [2.05, 4.69) is 5.32 Å². The smallest absolute Gasteiger partial charge is 0.243 e. The van der Waals surface area contributed by atoms with Gasteiger partial charge in [-0.1, -0.05) is 67.6 Å². The Morgan fingerprint density at radius 3 is 2.60 bits per heavy atom. The van der Waals surface area contributed by atoms with Crippen LogP contribution in [0.5, 0.6) is 5.75 Å². The van der Waals surface area contributed by atoms with Crippen molar-refractivity contribution in [3.63, 3.8) is 0 Å². The molecule has 0 aromatic heterocycles. The van der Waals surface area contributed by atoms with Crippen LogP contribution in [0.2, 0.25) is 10.0 Å². The van der Waals surface area contributed by atoms with E-state index in [0.717, 1.165) is 42.6 Å². The topological polar surface area (TPSA) is 58.6 Å². The van der Waals surface area contributed by atoms with Gasteiger partial charge in [-0.25, -0.2) is 0 Å². The molecule has 0 heterocycles. The van der Waals surface area contributed by atoms with Crippen LogP contribution in [0.4, 0.5) is 0 Å². The first kappa shape index (κ1) is 27.7. The Bertz CT molecular complexity index is 998. The molecule has 0 saturated heterocycles. The molecule has 1 N–H and O–H groups in total. The molecule has 0 bridgehead atoms. The zero-order chi connectivity index (χ0) is 25.2. The molecule has 2 aromatic carbocycles. The molecule has 1 saturated carbocycles. The third-order valence-electron chi connectivity index (χ3n) is 6.32. The summed E-state index contributed by atoms with van der Waals surface area (Å²) in [5, 5.41) is 4.38. The molecule has 1 atom stereocenters. The van der Waals surface area contributed by atoms with Gasteiger partial charge in [0.1, 0.15) is 11.8 Å². The Morgan fingerprint density at radius 1 is 1.14 bits per heavy atom. The maximum atomic E-state index is 13.5. The molecule has 35 heavy (non-hydrogen) atoms. The third-order valence-corrected chi connectivity index (χ3v) is 7.88. The van der Waals surface area contributed by atoms with Gasteiger partial charge >= 0.3 is 0 Å². The minimum absolute atomic E-state index is 0.0682. The molecule has 2 amide bonds. The van der Waals surface area contributed by atoms with Crippen molar-refractivity contribution in [2.24, 2.45) is 0 Å². The summed E-state index contributed by atoms with van der Waals surface area (Å²) < 4.78 is 5.36. The first-order valence-electron chi connectivity index (χ1n) is 12.2. The SMILES string of the molecule is CC[C@@H](C(=O)NC1CCCCC1)N(Cc1cccc(OC)c1)C(=O)CSCc1ccc(Cl)cc1Cl. The van der Waals surface area contributed by atoms with Gasteiger partial charge < -0.3 is 15.0 Å². The highest BCUT2D eigenvalue weighted by molar-refractivity contribution is 7.99. The standard InChI is InChI=1S/C27H34Cl2N2O3S/c1-3-25(27(33)30-22-9-5-4-6-10-22)31(16-19-8-7-11-23(14-19)34-2)26(32)18-35-17-20-12-13-21(28)15-24(20)29/h7-8,11-15,22,25H,3-6,9-10,16-18H2,1-2H3,(H,30,33)/t25-/m0/s1. The van der Waals surface area contributed by atoms with Crippen LogP contribution in [0, 0.1) is 0 Å². The van der Waals surface area contributed by atoms with Gasteiger partial charge in [0.15, 0.2) is 0 Å². The highest BCUT2D eigenvalue weighted by atomic mass is 35.5. The van der Waals surface area contributed by atoms with E-state index in [9.17, 15) is 9.59 Å². The van der Waals surface area contributed by atoms with Crippen molar-refractivity contribution in [1.82, 2.24) is 10.2 Å². The fourth-order valence-electron chi connectivity index (χ4n) is 4.40. The highest BCUT2D eigenvalue weighted by Gasteiger charge is 2.30. The molecule has 1 fully saturated rings. The predicted octanol–water partition coefficient (Wildman–Crippen LogP) is 6.49. The lowest BCUT2D eigenvalue weighted by Gasteiger charge is -2.33. The number of hydrogen-bond acceptors (Lipinski definition) is 4. The van der Waals surface area contributed by atoms with Crippen LogP contribution in [0.15, 0.2) is 42.5 Å². The number of methoxy groups -OCH3 is 1. The number of nitrogens with zero attached hydrogens (tertiary/aromatic N) is 1. The van der Waals surface area contributed by atoms with Crippen molar-refractivity contribution in [3.8, 4) is 5.75 Å². The van der Waals surface area contributed by atoms with Gasteiger partial charge in [0.2, 0.25) is 11.8 Å². The van der Waals surface area contributed by atoms with E-state index >= 15 is 0 Å². The minimum Gasteiger partial charge on any atom is -0.497 e. The van der Waals surface area contributed by atoms with Crippen molar-refractivity contribution in [2.45, 2.75) is 69.8 Å². The van der Waals surface area contributed by atoms with Gasteiger partial charge in [-0.05, 0) is 54.7 Å². The summed E-state index contributed by atoms with van der Waals surface area (Å²) in [6.45, 7) is 2.30. The zero-order valence-electron chi connectivity index (χ0n) is 20.4. The molecule has 2 aromatic rings. The van der Waals surface area contributed by atoms with Gasteiger partial charge in [0, 0.05) is 28.4 Å². The van der Waals surface area contributed by atoms with Crippen molar-refractivity contribution in [3.05, 3.63) is 63.6 Å². The Morgan fingerprint density at radius 2 is 1.91 bits per heavy atom. The fourth-order valence-corrected chi connectivity index (χ4v) is 5.87. The quantitative estimate of drug-likeness (QED) is 0.356. The van der Waals surface area contributed by atoms with Crippen molar-refractivity contribution in [2.75, 3.05) is 12.9 Å². The van der Waals surface area contributed by atoms with Crippen LogP contribution in [-0.2, 0) is 21.9 Å². The van der Waals surface area contributed by atoms with E-state index in [4.69, 9.17) is 27.9 Å². The van der Waals surface area contributed by atoms with E-state index in [1.165, 1.54) is 18.2 Å². The highest BCUT2D eigenvalue weighted by Crippen LogP contribution is 2.26. The minimum atomic E-state index is -0.532. The van der Waals surface area contributed by atoms with Gasteiger partial charge in [0.25, 0.3) is 0 Å². The Kier molecular flexibility index (Phi) is 11.1. The molecule has 5 nitrogen and oxygen atoms in total. The van der Waals surface area contributed by atoms with Crippen molar-refractivity contribution >= 4 is 46.8 Å². The van der Waals surface area contributed by atoms with Crippen LogP contribution >= 0.6 is 35.0 Å². The average molecular weight is 538 g/mol. The molecule has 0 spiro atoms. The lowest BCUT2D eigenvalue weighted by Crippen LogP contribution is -2.52. The average Bonchev–Trinajstić information content (AvgIpc) is 2.86. The van der Waals surface area contributed by atoms with Crippen LogP contribution in [0.3, 0.4) is 0 Å². The lowest BCUT2D eigenvalue weighted by atomic mass is 9.95. The van der Waals surface area contributed by atoms with E-state index in [1.54, 1.807) is 24.1 Å². The molecule has 0 radical (unpaired) electrons. The first-order valence-corrected chi connectivity index (χ1v) is 14.1. The predicted molar refractivity (Wildman–Crippen MR) is 145 cm³/mol. The van der Waals surface area contributed by atoms with Crippen molar-refractivity contribution < 1.29 is 14.3 Å². The normalized spacial score (nSPS) is 14.9. The fraction of sp³-hybridized carbons (Fsp3) is 0.481. The number of hydrogen-bond donors (Lipinski definition) is 1. The second kappa shape index (κ2) is 14.0. The summed E-state index contributed by atoms with van der Waals surface area (Å²) in [6, 6.07) is 12.7. The number of rotatable bonds is 11. The third kappa shape index (κ3) is 8.33. The van der Waals surface area contributed by atoms with Crippen molar-refractivity contribution in [1.29, 1.82) is 0 Å². The monoisotopic (exact) mass is 536 g/mol. The van der Waals surface area contributed by atoms with Gasteiger partial charge in [-0.2, -0.15) is 0 Å². The van der Waals surface area contributed by atoms with Gasteiger partial charge in [-0.15, -0.1) is 11.8 Å². The molecular formula is C27H34Cl2N2O3S. The summed E-state index contributed by atoms with van der Waals surface area (Å²) in [7, 11) is 1.62. The number of halogens is 2. The van der Waals surface area contributed by atoms with E-state index in [0.29, 0.717) is 28.8 Å². The largest absolute Gasteiger partial charge is 0.497 e. The molecule has 8 heteroatoms. The summed E-state index contributed by atoms with van der Waals surface area (Å²) >= 11 is 13.8. The molecular weight excluding hydrogens is 503 g/mol. The maximum absolute atomic E-state index is 13.5. The summed E-state index contributed by atoms with van der Waals surface area (Å²) in [6.07, 6.45) is 6.05. The number of carbonyl (C=O) groups excluding carboxylic acids is 2. The van der Waals surface area contributed by atoms with Gasteiger partial charge in [-0.3, -0.25) is 9.59 Å². The second-order valence-corrected chi connectivity index (χ2v) is 10.7. The summed E-state index contributed by atoms with van der Waals surface area (Å²) in [5.41, 5.74) is 1.85. The molecule has 0 aliphatic heterocycles. The van der Waals surface area contributed by atoms with Crippen LogP contribution in [-0.4, -0.2) is 41.7 Å². The first-order chi connectivity index (χ1) is 16.9. The Balaban J connectivity index is 1.73. The maximum Gasteiger partial charge on any atom is 0.243 e. The van der Waals surface area contributed by atoms with E-state index in [-0.39, 0.29) is 23.6 Å². The number of benzene rings is 2. The molecule has 1 aliphatic rings. The summed E-state index contributed by atoms with van der Waals surface area (Å²) in [4.78, 5) is 28.5. The summed E-state index contributed by atoms with van der Waals surface area (Å²) in [5.74, 6) is 1.41. The van der Waals surface area contributed by atoms with E-state index in [1.807, 2.05) is 37.3 Å². The van der Waals surface area contributed by atoms with Crippen LogP contribution in [0.1, 0.15) is 56.6 Å². The number of ether oxygens (including phenoxy) is 1. The Hall–Kier alpha value is -1.89.